The molecule has 0 radical (unpaired) electrons. The lowest BCUT2D eigenvalue weighted by atomic mass is 9.91. The van der Waals surface area contributed by atoms with E-state index in [4.69, 9.17) is 0 Å². The van der Waals surface area contributed by atoms with E-state index in [1.54, 1.807) is 42.5 Å². The zero-order valence-electron chi connectivity index (χ0n) is 14.1. The average Bonchev–Trinajstić information content (AvgIpc) is 3.37. The number of anilines is 1. The highest BCUT2D eigenvalue weighted by atomic mass is 32.1. The number of benzene rings is 1. The van der Waals surface area contributed by atoms with E-state index < -0.39 is 17.5 Å². The first kappa shape index (κ1) is 17.4. The molecule has 1 unspecified atom stereocenters. The third kappa shape index (κ3) is 3.22. The number of rotatable bonds is 4. The van der Waals surface area contributed by atoms with Crippen LogP contribution in [0, 0.1) is 0 Å². The van der Waals surface area contributed by atoms with Crippen LogP contribution in [0.2, 0.25) is 0 Å². The van der Waals surface area contributed by atoms with Crippen LogP contribution < -0.4 is 16.0 Å². The molecule has 3 N–H and O–H groups in total. The van der Waals surface area contributed by atoms with Crippen molar-refractivity contribution in [1.29, 1.82) is 0 Å². The van der Waals surface area contributed by atoms with Gasteiger partial charge in [-0.3, -0.25) is 20.2 Å². The summed E-state index contributed by atoms with van der Waals surface area (Å²) in [6.45, 7) is 1.60. The fourth-order valence-electron chi connectivity index (χ4n) is 2.76. The van der Waals surface area contributed by atoms with E-state index >= 15 is 0 Å². The maximum Gasteiger partial charge on any atom is 0.322 e. The summed E-state index contributed by atoms with van der Waals surface area (Å²) in [5, 5.41) is 11.9. The number of thiophene rings is 1. The van der Waals surface area contributed by atoms with E-state index in [0.717, 1.165) is 10.6 Å². The number of imide groups is 1. The number of hydrogen-bond donors (Lipinski definition) is 3. The first-order valence-corrected chi connectivity index (χ1v) is 9.76. The lowest BCUT2D eigenvalue weighted by Crippen LogP contribution is -2.40. The predicted molar refractivity (Wildman–Crippen MR) is 104 cm³/mol. The molecule has 0 spiro atoms. The van der Waals surface area contributed by atoms with Gasteiger partial charge in [-0.15, -0.1) is 22.7 Å². The molecule has 3 heterocycles. The van der Waals surface area contributed by atoms with Crippen LogP contribution in [0.4, 0.5) is 9.93 Å². The van der Waals surface area contributed by atoms with Gasteiger partial charge in [0.05, 0.1) is 10.6 Å². The topological polar surface area (TPSA) is 100 Å². The summed E-state index contributed by atoms with van der Waals surface area (Å²) in [6, 6.07) is 9.96. The molecule has 2 aromatic heterocycles. The number of amides is 4. The van der Waals surface area contributed by atoms with Crippen molar-refractivity contribution in [1.82, 2.24) is 15.6 Å². The Labute approximate surface area is 162 Å². The molecule has 1 aliphatic heterocycles. The van der Waals surface area contributed by atoms with Crippen LogP contribution in [0.25, 0.3) is 10.6 Å². The molecule has 0 aliphatic carbocycles. The number of hydrogen-bond acceptors (Lipinski definition) is 6. The number of carbonyl (C=O) groups excluding carboxylic acids is 3. The largest absolute Gasteiger partial charge is 0.322 e. The molecular weight excluding hydrogens is 384 g/mol. The van der Waals surface area contributed by atoms with E-state index in [0.29, 0.717) is 16.3 Å². The minimum Gasteiger partial charge on any atom is -0.320 e. The van der Waals surface area contributed by atoms with Gasteiger partial charge in [-0.05, 0) is 36.1 Å². The van der Waals surface area contributed by atoms with Crippen molar-refractivity contribution in [2.45, 2.75) is 12.5 Å². The second kappa shape index (κ2) is 6.60. The van der Waals surface area contributed by atoms with Crippen molar-refractivity contribution in [2.75, 3.05) is 5.32 Å². The van der Waals surface area contributed by atoms with Gasteiger partial charge in [0, 0.05) is 10.9 Å². The van der Waals surface area contributed by atoms with Gasteiger partial charge in [0.15, 0.2) is 5.13 Å². The second-order valence-electron chi connectivity index (χ2n) is 6.08. The van der Waals surface area contributed by atoms with Gasteiger partial charge in [0.25, 0.3) is 11.8 Å². The van der Waals surface area contributed by atoms with Crippen molar-refractivity contribution in [2.24, 2.45) is 0 Å². The Morgan fingerprint density at radius 2 is 2.04 bits per heavy atom. The standard InChI is InChI=1S/C18H14N4O3S2/c1-18(15(24)21-16(25)22-18)11-5-2-4-10(8-11)14(23)20-17-19-12(9-27-17)13-6-3-7-26-13/h2-9H,1H3,(H,19,20,23)(H2,21,22,24,25). The van der Waals surface area contributed by atoms with E-state index in [1.807, 2.05) is 22.9 Å². The molecule has 4 rings (SSSR count). The summed E-state index contributed by atoms with van der Waals surface area (Å²) in [4.78, 5) is 41.6. The molecule has 7 nitrogen and oxygen atoms in total. The monoisotopic (exact) mass is 398 g/mol. The minimum atomic E-state index is -1.21. The van der Waals surface area contributed by atoms with Crippen molar-refractivity contribution >= 4 is 45.7 Å². The van der Waals surface area contributed by atoms with Gasteiger partial charge in [0.1, 0.15) is 5.54 Å². The van der Waals surface area contributed by atoms with Crippen LogP contribution in [0.3, 0.4) is 0 Å². The molecule has 3 aromatic rings. The van der Waals surface area contributed by atoms with Gasteiger partial charge >= 0.3 is 6.03 Å². The van der Waals surface area contributed by atoms with Gasteiger partial charge in [-0.25, -0.2) is 9.78 Å². The highest BCUT2D eigenvalue weighted by Gasteiger charge is 2.43. The molecule has 0 bridgehead atoms. The normalized spacial score (nSPS) is 18.9. The Bertz CT molecular complexity index is 1040. The maximum atomic E-state index is 12.6. The molecule has 1 fully saturated rings. The average molecular weight is 398 g/mol. The fraction of sp³-hybridized carbons (Fsp3) is 0.111. The molecule has 4 amide bonds. The third-order valence-corrected chi connectivity index (χ3v) is 5.90. The lowest BCUT2D eigenvalue weighted by Gasteiger charge is -2.21. The molecule has 1 atom stereocenters. The number of thiazole rings is 1. The Morgan fingerprint density at radius 1 is 1.19 bits per heavy atom. The Balaban J connectivity index is 1.55. The van der Waals surface area contributed by atoms with Crippen LogP contribution in [0.15, 0.2) is 47.2 Å². The molecule has 1 saturated heterocycles. The van der Waals surface area contributed by atoms with Gasteiger partial charge in [-0.1, -0.05) is 18.2 Å². The van der Waals surface area contributed by atoms with Crippen LogP contribution in [-0.2, 0) is 10.3 Å². The molecule has 9 heteroatoms. The van der Waals surface area contributed by atoms with Gasteiger partial charge in [0.2, 0.25) is 0 Å². The zero-order chi connectivity index (χ0) is 19.0. The van der Waals surface area contributed by atoms with Crippen molar-refractivity contribution in [3.05, 3.63) is 58.3 Å². The minimum absolute atomic E-state index is 0.336. The summed E-state index contributed by atoms with van der Waals surface area (Å²) in [7, 11) is 0. The lowest BCUT2D eigenvalue weighted by molar-refractivity contribution is -0.123. The molecule has 1 aromatic carbocycles. The van der Waals surface area contributed by atoms with E-state index in [-0.39, 0.29) is 5.91 Å². The highest BCUT2D eigenvalue weighted by Crippen LogP contribution is 2.29. The third-order valence-electron chi connectivity index (χ3n) is 4.25. The van der Waals surface area contributed by atoms with Crippen molar-refractivity contribution < 1.29 is 14.4 Å². The number of carbonyl (C=O) groups is 3. The SMILES string of the molecule is CC1(c2cccc(C(=O)Nc3nc(-c4cccs4)cs3)c2)NC(=O)NC1=O. The van der Waals surface area contributed by atoms with Crippen LogP contribution in [0.1, 0.15) is 22.8 Å². The zero-order valence-corrected chi connectivity index (χ0v) is 15.7. The summed E-state index contributed by atoms with van der Waals surface area (Å²) >= 11 is 2.92. The van der Waals surface area contributed by atoms with Crippen molar-refractivity contribution in [3.63, 3.8) is 0 Å². The van der Waals surface area contributed by atoms with Crippen LogP contribution in [-0.4, -0.2) is 22.8 Å². The van der Waals surface area contributed by atoms with Crippen molar-refractivity contribution in [3.8, 4) is 10.6 Å². The summed E-state index contributed by atoms with van der Waals surface area (Å²) < 4.78 is 0. The van der Waals surface area contributed by atoms with E-state index in [9.17, 15) is 14.4 Å². The summed E-state index contributed by atoms with van der Waals surface area (Å²) in [5.74, 6) is -0.789. The Morgan fingerprint density at radius 3 is 2.74 bits per heavy atom. The second-order valence-corrected chi connectivity index (χ2v) is 7.89. The number of nitrogens with zero attached hydrogens (tertiary/aromatic N) is 1. The number of nitrogens with one attached hydrogen (secondary N) is 3. The van der Waals surface area contributed by atoms with Gasteiger partial charge < -0.3 is 5.32 Å². The quantitative estimate of drug-likeness (QED) is 0.588. The van der Waals surface area contributed by atoms with E-state index in [1.165, 1.54) is 11.3 Å². The molecule has 1 aliphatic rings. The number of urea groups is 1. The highest BCUT2D eigenvalue weighted by molar-refractivity contribution is 7.16. The Hall–Kier alpha value is -3.04. The molecule has 27 heavy (non-hydrogen) atoms. The van der Waals surface area contributed by atoms with Crippen LogP contribution in [0.5, 0.6) is 0 Å². The Kier molecular flexibility index (Phi) is 4.25. The molecule has 136 valence electrons. The summed E-state index contributed by atoms with van der Waals surface area (Å²) in [5.41, 5.74) is 0.505. The van der Waals surface area contributed by atoms with E-state index in [2.05, 4.69) is 20.9 Å². The smallest absolute Gasteiger partial charge is 0.320 e. The molecular formula is C18H14N4O3S2. The first-order valence-electron chi connectivity index (χ1n) is 8.00. The first-order chi connectivity index (χ1) is 13.0. The van der Waals surface area contributed by atoms with Crippen LogP contribution >= 0.6 is 22.7 Å². The number of aromatic nitrogens is 1. The maximum absolute atomic E-state index is 12.6. The summed E-state index contributed by atoms with van der Waals surface area (Å²) in [6.07, 6.45) is 0. The fourth-order valence-corrected chi connectivity index (χ4v) is 4.22. The predicted octanol–water partition coefficient (Wildman–Crippen LogP) is 3.18. The van der Waals surface area contributed by atoms with Gasteiger partial charge in [-0.2, -0.15) is 0 Å². The molecule has 0 saturated carbocycles.